The summed E-state index contributed by atoms with van der Waals surface area (Å²) >= 11 is 0. The summed E-state index contributed by atoms with van der Waals surface area (Å²) in [5, 5.41) is 0. The van der Waals surface area contributed by atoms with Crippen molar-refractivity contribution in [3.8, 4) is 0 Å². The van der Waals surface area contributed by atoms with Crippen molar-refractivity contribution in [1.82, 2.24) is 0 Å². The standard InChI is InChI=1S/C16H20N2O2S/c1-11-7-12(2)9-15(8-11)18(4)21(19,20)16-10-14(17)6-5-13(16)3/h5-10H,17H2,1-4H3. The second-order valence-corrected chi connectivity index (χ2v) is 7.28. The van der Waals surface area contributed by atoms with Gasteiger partial charge in [0.25, 0.3) is 10.0 Å². The normalized spacial score (nSPS) is 11.4. The molecule has 2 N–H and O–H groups in total. The minimum absolute atomic E-state index is 0.240. The third-order valence-electron chi connectivity index (χ3n) is 3.42. The topological polar surface area (TPSA) is 63.4 Å². The summed E-state index contributed by atoms with van der Waals surface area (Å²) < 4.78 is 26.9. The summed E-state index contributed by atoms with van der Waals surface area (Å²) in [7, 11) is -2.06. The Morgan fingerprint density at radius 2 is 1.52 bits per heavy atom. The van der Waals surface area contributed by atoms with Crippen LogP contribution in [0.2, 0.25) is 0 Å². The molecule has 21 heavy (non-hydrogen) atoms. The van der Waals surface area contributed by atoms with Crippen LogP contribution in [0.4, 0.5) is 11.4 Å². The van der Waals surface area contributed by atoms with E-state index in [1.807, 2.05) is 32.0 Å². The summed E-state index contributed by atoms with van der Waals surface area (Å²) in [5.41, 5.74) is 9.54. The molecular formula is C16H20N2O2S. The zero-order chi connectivity index (χ0) is 15.8. The van der Waals surface area contributed by atoms with Crippen molar-refractivity contribution in [1.29, 1.82) is 0 Å². The first-order chi connectivity index (χ1) is 9.71. The zero-order valence-electron chi connectivity index (χ0n) is 12.7. The number of aryl methyl sites for hydroxylation is 3. The summed E-state index contributed by atoms with van der Waals surface area (Å²) in [6, 6.07) is 10.6. The number of nitrogen functional groups attached to an aromatic ring is 1. The largest absolute Gasteiger partial charge is 0.399 e. The van der Waals surface area contributed by atoms with Gasteiger partial charge in [0, 0.05) is 12.7 Å². The van der Waals surface area contributed by atoms with Gasteiger partial charge in [-0.15, -0.1) is 0 Å². The first kappa shape index (κ1) is 15.4. The smallest absolute Gasteiger partial charge is 0.264 e. The first-order valence-electron chi connectivity index (χ1n) is 6.65. The van der Waals surface area contributed by atoms with E-state index in [0.717, 1.165) is 11.1 Å². The number of benzene rings is 2. The van der Waals surface area contributed by atoms with Crippen molar-refractivity contribution in [2.24, 2.45) is 0 Å². The molecule has 4 nitrogen and oxygen atoms in total. The van der Waals surface area contributed by atoms with Crippen LogP contribution in [-0.2, 0) is 10.0 Å². The molecule has 112 valence electrons. The number of nitrogens with two attached hydrogens (primary N) is 1. The first-order valence-corrected chi connectivity index (χ1v) is 8.09. The van der Waals surface area contributed by atoms with Crippen LogP contribution in [0.1, 0.15) is 16.7 Å². The molecule has 0 radical (unpaired) electrons. The maximum absolute atomic E-state index is 12.8. The highest BCUT2D eigenvalue weighted by Crippen LogP contribution is 2.27. The van der Waals surface area contributed by atoms with Crippen molar-refractivity contribution in [2.75, 3.05) is 17.1 Å². The summed E-state index contributed by atoms with van der Waals surface area (Å²) in [5.74, 6) is 0. The predicted octanol–water partition coefficient (Wildman–Crippen LogP) is 3.02. The summed E-state index contributed by atoms with van der Waals surface area (Å²) in [6.07, 6.45) is 0. The molecule has 0 spiro atoms. The van der Waals surface area contributed by atoms with E-state index in [0.29, 0.717) is 16.9 Å². The Morgan fingerprint density at radius 3 is 2.10 bits per heavy atom. The number of hydrogen-bond acceptors (Lipinski definition) is 3. The molecule has 0 saturated carbocycles. The third kappa shape index (κ3) is 3.03. The van der Waals surface area contributed by atoms with Crippen LogP contribution in [0.3, 0.4) is 0 Å². The van der Waals surface area contributed by atoms with Gasteiger partial charge in [-0.3, -0.25) is 4.31 Å². The number of rotatable bonds is 3. The van der Waals surface area contributed by atoms with E-state index in [4.69, 9.17) is 5.73 Å². The second kappa shape index (κ2) is 5.41. The Bertz CT molecular complexity index is 763. The molecule has 0 saturated heterocycles. The van der Waals surface area contributed by atoms with E-state index in [2.05, 4.69) is 0 Å². The molecule has 2 aromatic rings. The van der Waals surface area contributed by atoms with Gasteiger partial charge >= 0.3 is 0 Å². The SMILES string of the molecule is Cc1cc(C)cc(N(C)S(=O)(=O)c2cc(N)ccc2C)c1. The molecule has 0 fully saturated rings. The molecule has 0 heterocycles. The van der Waals surface area contributed by atoms with E-state index in [1.165, 1.54) is 10.4 Å². The van der Waals surface area contributed by atoms with Gasteiger partial charge in [-0.2, -0.15) is 0 Å². The maximum Gasteiger partial charge on any atom is 0.264 e. The Balaban J connectivity index is 2.55. The molecule has 0 aliphatic rings. The van der Waals surface area contributed by atoms with Gasteiger partial charge in [-0.25, -0.2) is 8.42 Å². The minimum Gasteiger partial charge on any atom is -0.399 e. The Morgan fingerprint density at radius 1 is 0.952 bits per heavy atom. The van der Waals surface area contributed by atoms with Gasteiger partial charge in [-0.1, -0.05) is 12.1 Å². The van der Waals surface area contributed by atoms with Gasteiger partial charge in [0.2, 0.25) is 0 Å². The molecule has 0 aliphatic carbocycles. The third-order valence-corrected chi connectivity index (χ3v) is 5.35. The van der Waals surface area contributed by atoms with E-state index in [-0.39, 0.29) is 4.90 Å². The average molecular weight is 304 g/mol. The van der Waals surface area contributed by atoms with Crippen molar-refractivity contribution in [3.63, 3.8) is 0 Å². The van der Waals surface area contributed by atoms with Gasteiger partial charge in [0.05, 0.1) is 10.6 Å². The summed E-state index contributed by atoms with van der Waals surface area (Å²) in [6.45, 7) is 5.66. The van der Waals surface area contributed by atoms with Crippen LogP contribution in [0, 0.1) is 20.8 Å². The lowest BCUT2D eigenvalue weighted by Gasteiger charge is -2.21. The predicted molar refractivity (Wildman–Crippen MR) is 87.1 cm³/mol. The maximum atomic E-state index is 12.8. The van der Waals surface area contributed by atoms with E-state index in [9.17, 15) is 8.42 Å². The van der Waals surface area contributed by atoms with Crippen LogP contribution >= 0.6 is 0 Å². The molecular weight excluding hydrogens is 284 g/mol. The number of sulfonamides is 1. The van der Waals surface area contributed by atoms with Crippen molar-refractivity contribution < 1.29 is 8.42 Å². The second-order valence-electron chi connectivity index (χ2n) is 5.34. The summed E-state index contributed by atoms with van der Waals surface area (Å²) in [4.78, 5) is 0.240. The van der Waals surface area contributed by atoms with Crippen LogP contribution in [0.15, 0.2) is 41.3 Å². The quantitative estimate of drug-likeness (QED) is 0.887. The fraction of sp³-hybridized carbons (Fsp3) is 0.250. The molecule has 2 rings (SSSR count). The fourth-order valence-electron chi connectivity index (χ4n) is 2.31. The van der Waals surface area contributed by atoms with Crippen molar-refractivity contribution in [3.05, 3.63) is 53.1 Å². The fourth-order valence-corrected chi connectivity index (χ4v) is 3.75. The van der Waals surface area contributed by atoms with Crippen LogP contribution in [-0.4, -0.2) is 15.5 Å². The number of nitrogens with zero attached hydrogens (tertiary/aromatic N) is 1. The Kier molecular flexibility index (Phi) is 3.96. The van der Waals surface area contributed by atoms with Crippen LogP contribution in [0.5, 0.6) is 0 Å². The Labute approximate surface area is 126 Å². The lowest BCUT2D eigenvalue weighted by atomic mass is 10.1. The van der Waals surface area contributed by atoms with Gasteiger partial charge in [-0.05, 0) is 61.7 Å². The van der Waals surface area contributed by atoms with E-state index in [1.54, 1.807) is 26.1 Å². The molecule has 5 heteroatoms. The average Bonchev–Trinajstić information content (AvgIpc) is 2.39. The van der Waals surface area contributed by atoms with Gasteiger partial charge in [0.15, 0.2) is 0 Å². The van der Waals surface area contributed by atoms with Crippen molar-refractivity contribution >= 4 is 21.4 Å². The van der Waals surface area contributed by atoms with Crippen LogP contribution < -0.4 is 10.0 Å². The van der Waals surface area contributed by atoms with Gasteiger partial charge in [0.1, 0.15) is 0 Å². The number of hydrogen-bond donors (Lipinski definition) is 1. The highest BCUT2D eigenvalue weighted by Gasteiger charge is 2.23. The molecule has 0 amide bonds. The van der Waals surface area contributed by atoms with E-state index < -0.39 is 10.0 Å². The van der Waals surface area contributed by atoms with Crippen molar-refractivity contribution in [2.45, 2.75) is 25.7 Å². The number of anilines is 2. The minimum atomic E-state index is -3.63. The molecule has 0 atom stereocenters. The van der Waals surface area contributed by atoms with Crippen LogP contribution in [0.25, 0.3) is 0 Å². The Hall–Kier alpha value is -2.01. The molecule has 0 unspecified atom stereocenters. The highest BCUT2D eigenvalue weighted by atomic mass is 32.2. The molecule has 0 bridgehead atoms. The monoisotopic (exact) mass is 304 g/mol. The zero-order valence-corrected chi connectivity index (χ0v) is 13.5. The highest BCUT2D eigenvalue weighted by molar-refractivity contribution is 7.92. The molecule has 0 aliphatic heterocycles. The van der Waals surface area contributed by atoms with E-state index >= 15 is 0 Å². The lowest BCUT2D eigenvalue weighted by molar-refractivity contribution is 0.594. The molecule has 2 aromatic carbocycles. The van der Waals surface area contributed by atoms with Gasteiger partial charge < -0.3 is 5.73 Å². The molecule has 0 aromatic heterocycles. The lowest BCUT2D eigenvalue weighted by Crippen LogP contribution is -2.27.